The van der Waals surface area contributed by atoms with E-state index < -0.39 is 11.7 Å². The van der Waals surface area contributed by atoms with Crippen LogP contribution in [0.3, 0.4) is 0 Å². The number of aromatic nitrogens is 5. The van der Waals surface area contributed by atoms with E-state index in [1.54, 1.807) is 18.0 Å². The van der Waals surface area contributed by atoms with E-state index in [0.29, 0.717) is 34.7 Å². The summed E-state index contributed by atoms with van der Waals surface area (Å²) in [5.74, 6) is 0.536. The number of halogens is 1. The minimum Gasteiger partial charge on any atom is -0.507 e. The van der Waals surface area contributed by atoms with Gasteiger partial charge < -0.3 is 19.9 Å². The predicted molar refractivity (Wildman–Crippen MR) is 114 cm³/mol. The summed E-state index contributed by atoms with van der Waals surface area (Å²) in [5.41, 5.74) is -0.0118. The van der Waals surface area contributed by atoms with Crippen molar-refractivity contribution in [2.24, 2.45) is 7.05 Å². The molecule has 0 radical (unpaired) electrons. The quantitative estimate of drug-likeness (QED) is 0.651. The number of nitrogens with zero attached hydrogens (tertiary/aromatic N) is 6. The number of benzene rings is 1. The van der Waals surface area contributed by atoms with Crippen molar-refractivity contribution < 1.29 is 9.50 Å². The Kier molecular flexibility index (Phi) is 4.44. The molecule has 0 aliphatic carbocycles. The molecule has 9 nitrogen and oxygen atoms in total. The van der Waals surface area contributed by atoms with Crippen molar-refractivity contribution in [2.75, 3.05) is 11.9 Å². The van der Waals surface area contributed by atoms with Gasteiger partial charge in [-0.25, -0.2) is 14.4 Å². The number of phenolic OH excluding ortho intramolecular Hbond substituents is 1. The van der Waals surface area contributed by atoms with E-state index in [9.17, 15) is 9.90 Å². The van der Waals surface area contributed by atoms with Crippen LogP contribution in [0.1, 0.15) is 26.2 Å². The zero-order chi connectivity index (χ0) is 21.9. The molecule has 10 heteroatoms. The van der Waals surface area contributed by atoms with E-state index in [1.165, 1.54) is 23.2 Å². The van der Waals surface area contributed by atoms with E-state index in [4.69, 9.17) is 0 Å². The van der Waals surface area contributed by atoms with Gasteiger partial charge in [0, 0.05) is 25.7 Å². The lowest BCUT2D eigenvalue weighted by atomic mass is 9.86. The maximum Gasteiger partial charge on any atom is 0.261 e. The average molecular weight is 425 g/mol. The zero-order valence-electron chi connectivity index (χ0n) is 17.6. The number of piperidine rings is 1. The van der Waals surface area contributed by atoms with E-state index >= 15 is 4.39 Å². The first-order valence-corrected chi connectivity index (χ1v) is 10.3. The third kappa shape index (κ3) is 3.13. The number of phenols is 1. The number of fused-ring (bicyclic) bond motifs is 3. The van der Waals surface area contributed by atoms with Crippen LogP contribution in [-0.2, 0) is 7.05 Å². The van der Waals surface area contributed by atoms with Crippen molar-refractivity contribution in [3.8, 4) is 17.1 Å². The normalized spacial score (nSPS) is 27.5. The fraction of sp³-hybridized carbons (Fsp3) is 0.476. The molecule has 1 aromatic carbocycles. The summed E-state index contributed by atoms with van der Waals surface area (Å²) in [6.45, 7) is 1.94. The number of hydrogen-bond donors (Lipinski definition) is 2. The molecule has 2 saturated heterocycles. The molecule has 4 heterocycles. The van der Waals surface area contributed by atoms with Gasteiger partial charge in [0.25, 0.3) is 5.56 Å². The summed E-state index contributed by atoms with van der Waals surface area (Å²) < 4.78 is 16.6. The van der Waals surface area contributed by atoms with Crippen LogP contribution in [-0.4, -0.2) is 60.7 Å². The van der Waals surface area contributed by atoms with Crippen LogP contribution in [0, 0.1) is 0 Å². The topological polar surface area (TPSA) is 109 Å². The smallest absolute Gasteiger partial charge is 0.261 e. The Labute approximate surface area is 178 Å². The first-order chi connectivity index (χ1) is 14.8. The minimum atomic E-state index is -1.03. The van der Waals surface area contributed by atoms with Gasteiger partial charge in [0.2, 0.25) is 0 Å². The van der Waals surface area contributed by atoms with Gasteiger partial charge in [0.1, 0.15) is 11.9 Å². The molecule has 2 fully saturated rings. The van der Waals surface area contributed by atoms with Gasteiger partial charge in [-0.2, -0.15) is 0 Å². The standard InChI is InChI=1S/C21H24FN7O2/c1-21-5-4-11(25-21)6-15(18(21)22)29(3)17-9-23-19(27-26-17)13-7-14-12(8-16(13)30)20(31)28(2)10-24-14/h7-11,15,18,25,30H,4-6H2,1-3H3/t11?,15?,18-,21+/m1/s1. The molecule has 0 amide bonds. The Balaban J connectivity index is 1.45. The Bertz CT molecular complexity index is 1210. The average Bonchev–Trinajstić information content (AvgIpc) is 3.10. The summed E-state index contributed by atoms with van der Waals surface area (Å²) >= 11 is 0. The molecule has 0 spiro atoms. The highest BCUT2D eigenvalue weighted by molar-refractivity contribution is 5.85. The maximum atomic E-state index is 15.2. The number of nitrogens with one attached hydrogen (secondary N) is 1. The number of anilines is 1. The van der Waals surface area contributed by atoms with Gasteiger partial charge in [0.05, 0.1) is 35.0 Å². The van der Waals surface area contributed by atoms with Crippen molar-refractivity contribution in [1.82, 2.24) is 30.0 Å². The number of aromatic hydroxyl groups is 1. The molecule has 0 saturated carbocycles. The third-order valence-electron chi connectivity index (χ3n) is 6.70. The molecule has 2 aliphatic rings. The molecule has 31 heavy (non-hydrogen) atoms. The van der Waals surface area contributed by atoms with E-state index in [2.05, 4.69) is 25.5 Å². The number of alkyl halides is 1. The Morgan fingerprint density at radius 3 is 2.87 bits per heavy atom. The summed E-state index contributed by atoms with van der Waals surface area (Å²) in [7, 11) is 3.40. The van der Waals surface area contributed by atoms with Crippen LogP contribution >= 0.6 is 0 Å². The molecule has 2 unspecified atom stereocenters. The van der Waals surface area contributed by atoms with Gasteiger partial charge in [0.15, 0.2) is 11.6 Å². The van der Waals surface area contributed by atoms with Crippen molar-refractivity contribution in [2.45, 2.75) is 50.0 Å². The summed E-state index contributed by atoms with van der Waals surface area (Å²) in [4.78, 5) is 22.6. The molecule has 2 bridgehead atoms. The highest BCUT2D eigenvalue weighted by atomic mass is 19.1. The first-order valence-electron chi connectivity index (χ1n) is 10.3. The molecule has 4 atom stereocenters. The highest BCUT2D eigenvalue weighted by Crippen LogP contribution is 2.40. The van der Waals surface area contributed by atoms with Crippen molar-refractivity contribution in [3.05, 3.63) is 35.0 Å². The first kappa shape index (κ1) is 19.8. The monoisotopic (exact) mass is 425 g/mol. The molecule has 3 aromatic rings. The van der Waals surface area contributed by atoms with Crippen molar-refractivity contribution >= 4 is 16.7 Å². The van der Waals surface area contributed by atoms with E-state index in [-0.39, 0.29) is 23.2 Å². The Hall–Kier alpha value is -3.14. The lowest BCUT2D eigenvalue weighted by Gasteiger charge is -2.43. The molecular weight excluding hydrogens is 401 g/mol. The van der Waals surface area contributed by atoms with Crippen LogP contribution in [0.2, 0.25) is 0 Å². The largest absolute Gasteiger partial charge is 0.507 e. The zero-order valence-corrected chi connectivity index (χ0v) is 17.6. The molecule has 162 valence electrons. The van der Waals surface area contributed by atoms with E-state index in [1.807, 2.05) is 14.0 Å². The maximum absolute atomic E-state index is 15.2. The second-order valence-electron chi connectivity index (χ2n) is 8.80. The Morgan fingerprint density at radius 2 is 2.13 bits per heavy atom. The lowest BCUT2D eigenvalue weighted by Crippen LogP contribution is -2.62. The second-order valence-corrected chi connectivity index (χ2v) is 8.80. The lowest BCUT2D eigenvalue weighted by molar-refractivity contribution is 0.111. The van der Waals surface area contributed by atoms with Gasteiger partial charge in [-0.1, -0.05) is 0 Å². The van der Waals surface area contributed by atoms with Crippen molar-refractivity contribution in [1.29, 1.82) is 0 Å². The van der Waals surface area contributed by atoms with Crippen molar-refractivity contribution in [3.63, 3.8) is 0 Å². The molecule has 2 aromatic heterocycles. The Morgan fingerprint density at radius 1 is 1.32 bits per heavy atom. The highest BCUT2D eigenvalue weighted by Gasteiger charge is 2.51. The number of aryl methyl sites for hydroxylation is 1. The van der Waals surface area contributed by atoms with Gasteiger partial charge in [-0.15, -0.1) is 10.2 Å². The number of hydrogen-bond acceptors (Lipinski definition) is 8. The van der Waals surface area contributed by atoms with Crippen LogP contribution in [0.15, 0.2) is 29.5 Å². The SMILES string of the molecule is CN(c1cnc(-c2cc3ncn(C)c(=O)c3cc2O)nn1)C1CC2CC[C@](C)(N2)[C@@H]1F. The molecule has 2 aliphatic heterocycles. The van der Waals surface area contributed by atoms with Crippen LogP contribution in [0.4, 0.5) is 10.2 Å². The van der Waals surface area contributed by atoms with E-state index in [0.717, 1.165) is 12.8 Å². The fourth-order valence-corrected chi connectivity index (χ4v) is 4.82. The second kappa shape index (κ2) is 6.94. The third-order valence-corrected chi connectivity index (χ3v) is 6.70. The predicted octanol–water partition coefficient (Wildman–Crippen LogP) is 1.55. The van der Waals surface area contributed by atoms with Gasteiger partial charge in [-0.05, 0) is 38.3 Å². The van der Waals surface area contributed by atoms with Gasteiger partial charge >= 0.3 is 0 Å². The van der Waals surface area contributed by atoms with Crippen LogP contribution < -0.4 is 15.8 Å². The summed E-state index contributed by atoms with van der Waals surface area (Å²) in [6, 6.07) is 2.92. The fourth-order valence-electron chi connectivity index (χ4n) is 4.82. The summed E-state index contributed by atoms with van der Waals surface area (Å²) in [5, 5.41) is 22.5. The number of rotatable bonds is 3. The molecule has 2 N–H and O–H groups in total. The molecule has 5 rings (SSSR count). The molecular formula is C21H24FN7O2. The van der Waals surface area contributed by atoms with Gasteiger partial charge in [-0.3, -0.25) is 4.79 Å². The summed E-state index contributed by atoms with van der Waals surface area (Å²) in [6.07, 6.45) is 4.41. The minimum absolute atomic E-state index is 0.132. The van der Waals surface area contributed by atoms with Crippen LogP contribution in [0.5, 0.6) is 5.75 Å². The van der Waals surface area contributed by atoms with Crippen LogP contribution in [0.25, 0.3) is 22.3 Å².